The summed E-state index contributed by atoms with van der Waals surface area (Å²) in [5, 5.41) is 22.7. The molecule has 0 atom stereocenters. The molecule has 0 amide bonds. The molecular formula is C54H38ClN10NaPt2. The van der Waals surface area contributed by atoms with Crippen LogP contribution in [0.15, 0.2) is 196 Å². The number of aromatic nitrogens is 10. The summed E-state index contributed by atoms with van der Waals surface area (Å²) in [7, 11) is 4.61. The van der Waals surface area contributed by atoms with Crippen molar-refractivity contribution < 1.29 is 69.4 Å². The maximum Gasteiger partial charge on any atom is 2.00 e. The van der Waals surface area contributed by atoms with Crippen LogP contribution in [0.3, 0.4) is 0 Å². The zero-order valence-corrected chi connectivity index (χ0v) is 44.3. The minimum Gasteiger partial charge on any atom is -0.432 e. The molecule has 14 heteroatoms. The number of nitrogens with zero attached hydrogens (tertiary/aromatic N) is 10. The molecule has 12 aromatic rings. The third-order valence-electron chi connectivity index (χ3n) is 10.3. The molecule has 0 spiro atoms. The molecule has 0 aliphatic heterocycles. The summed E-state index contributed by atoms with van der Waals surface area (Å²) in [4.78, 5) is 25.7. The van der Waals surface area contributed by atoms with E-state index >= 15 is 0 Å². The number of pyridine rings is 4. The fourth-order valence-corrected chi connectivity index (χ4v) is 7.57. The van der Waals surface area contributed by atoms with Gasteiger partial charge in [-0.3, -0.25) is 30.1 Å². The third kappa shape index (κ3) is 12.7. The van der Waals surface area contributed by atoms with Gasteiger partial charge in [0.2, 0.25) is 0 Å². The molecule has 0 N–H and O–H groups in total. The Balaban J connectivity index is 0.000000176. The van der Waals surface area contributed by atoms with Crippen LogP contribution in [-0.4, -0.2) is 40.1 Å². The molecule has 332 valence electrons. The molecule has 68 heavy (non-hydrogen) atoms. The van der Waals surface area contributed by atoms with E-state index < -0.39 is 0 Å². The van der Waals surface area contributed by atoms with E-state index in [2.05, 4.69) is 207 Å². The average Bonchev–Trinajstić information content (AvgIpc) is 4.18. The first kappa shape index (κ1) is 51.3. The molecule has 0 fully saturated rings. The van der Waals surface area contributed by atoms with E-state index in [0.717, 1.165) is 66.6 Å². The Morgan fingerprint density at radius 3 is 0.897 bits per heavy atom. The van der Waals surface area contributed by atoms with Gasteiger partial charge in [-0.15, -0.1) is 47.5 Å². The molecule has 6 heterocycles. The van der Waals surface area contributed by atoms with Gasteiger partial charge >= 0.3 is 78.8 Å². The zero-order valence-electron chi connectivity index (χ0n) is 37.0. The van der Waals surface area contributed by atoms with Crippen LogP contribution in [0.4, 0.5) is 0 Å². The van der Waals surface area contributed by atoms with E-state index in [9.17, 15) is 0 Å². The second-order valence-electron chi connectivity index (χ2n) is 14.7. The summed E-state index contributed by atoms with van der Waals surface area (Å²) in [6.45, 7) is 4.22. The van der Waals surface area contributed by atoms with Crippen molar-refractivity contribution >= 4 is 52.5 Å². The number of halogens is 1. The summed E-state index contributed by atoms with van der Waals surface area (Å²) in [6, 6.07) is 57.2. The number of fused-ring (bicyclic) bond motifs is 4. The molecule has 6 aromatic heterocycles. The Morgan fingerprint density at radius 1 is 0.412 bits per heavy atom. The maximum atomic E-state index is 4.66. The maximum absolute atomic E-state index is 4.66. The van der Waals surface area contributed by atoms with Crippen LogP contribution in [0.5, 0.6) is 0 Å². The Hall–Kier alpha value is -6.09. The molecule has 12 rings (SSSR count). The number of hydrogen-bond donors (Lipinski definition) is 0. The summed E-state index contributed by atoms with van der Waals surface area (Å²) < 4.78 is 0. The molecule has 0 saturated carbocycles. The summed E-state index contributed by atoms with van der Waals surface area (Å²) in [6.07, 6.45) is 13.0. The fourth-order valence-electron chi connectivity index (χ4n) is 7.57. The first-order valence-electron chi connectivity index (χ1n) is 20.6. The molecule has 0 unspecified atom stereocenters. The fraction of sp³-hybridized carbons (Fsp3) is 0.0370. The first-order chi connectivity index (χ1) is 32.6. The predicted octanol–water partition coefficient (Wildman–Crippen LogP) is 9.01. The van der Waals surface area contributed by atoms with E-state index in [0.29, 0.717) is 0 Å². The van der Waals surface area contributed by atoms with Gasteiger partial charge in [-0.2, -0.15) is 0 Å². The van der Waals surface area contributed by atoms with Crippen LogP contribution in [-0.2, 0) is 39.8 Å². The van der Waals surface area contributed by atoms with Gasteiger partial charge in [-0.1, -0.05) is 146 Å². The van der Waals surface area contributed by atoms with Crippen molar-refractivity contribution in [3.63, 3.8) is 0 Å². The van der Waals surface area contributed by atoms with Crippen LogP contribution in [0.2, 0.25) is 0 Å². The van der Waals surface area contributed by atoms with Gasteiger partial charge in [0.25, 0.3) is 0 Å². The Kier molecular flexibility index (Phi) is 19.5. The van der Waals surface area contributed by atoms with Gasteiger partial charge < -0.3 is 20.2 Å². The standard InChI is InChI=1S/2C25H17N2.2C2H2N3.ClH.Na.2Pt/c2*1-17-14-20(24-22-8-4-2-6-18(22)10-12-26-24)16-21(15-17)25-23-9-5-3-7-19(23)11-13-27-25;2*1-3-2-5-4-1;;;;/h2*2-15H,1H3;2*1-2H;1H;;;/q4*-1;;+1;2*+2/p-1. The minimum absolute atomic E-state index is 0. The van der Waals surface area contributed by atoms with Crippen LogP contribution in [0.25, 0.3) is 88.1 Å². The first-order valence-corrected chi connectivity index (χ1v) is 23.4. The second-order valence-corrected chi connectivity index (χ2v) is 14.7. The van der Waals surface area contributed by atoms with Gasteiger partial charge in [0.15, 0.2) is 0 Å². The van der Waals surface area contributed by atoms with E-state index in [1.165, 1.54) is 58.0 Å². The number of hydrogen-bond acceptors (Lipinski definition) is 8. The van der Waals surface area contributed by atoms with Gasteiger partial charge in [0.1, 0.15) is 0 Å². The van der Waals surface area contributed by atoms with E-state index in [1.54, 1.807) is 18.8 Å². The van der Waals surface area contributed by atoms with Crippen LogP contribution >= 0.6 is 9.42 Å². The average molecular weight is 1280 g/mol. The normalized spacial score (nSPS) is 10.1. The van der Waals surface area contributed by atoms with E-state index in [-0.39, 0.29) is 50.6 Å². The zero-order chi connectivity index (χ0) is 45.5. The number of benzene rings is 6. The largest absolute Gasteiger partial charge is 2.00 e. The van der Waals surface area contributed by atoms with Gasteiger partial charge in [0, 0.05) is 60.2 Å². The second kappa shape index (κ2) is 25.9. The van der Waals surface area contributed by atoms with Crippen molar-refractivity contribution in [1.29, 1.82) is 0 Å². The molecule has 10 nitrogen and oxygen atoms in total. The van der Waals surface area contributed by atoms with Gasteiger partial charge in [-0.05, 0) is 67.4 Å². The summed E-state index contributed by atoms with van der Waals surface area (Å²) >= 11 is 1.61. The molecule has 0 aliphatic rings. The van der Waals surface area contributed by atoms with Crippen molar-refractivity contribution in [2.75, 3.05) is 0 Å². The summed E-state index contributed by atoms with van der Waals surface area (Å²) in [5.74, 6) is 0. The van der Waals surface area contributed by atoms with Gasteiger partial charge in [0.05, 0.1) is 0 Å². The quantitative estimate of drug-likeness (QED) is 0.124. The number of rotatable bonds is 4. The van der Waals surface area contributed by atoms with Crippen LogP contribution in [0.1, 0.15) is 11.1 Å². The minimum atomic E-state index is 0. The number of aryl methyl sites for hydroxylation is 2. The Bertz CT molecular complexity index is 2990. The van der Waals surface area contributed by atoms with Crippen LogP contribution < -0.4 is 39.8 Å². The van der Waals surface area contributed by atoms with Crippen molar-refractivity contribution in [3.8, 4) is 45.0 Å². The van der Waals surface area contributed by atoms with E-state index in [1.807, 2.05) is 49.1 Å². The van der Waals surface area contributed by atoms with Crippen molar-refractivity contribution in [1.82, 2.24) is 50.3 Å². The Labute approximate surface area is 445 Å². The van der Waals surface area contributed by atoms with E-state index in [4.69, 9.17) is 0 Å². The molecule has 0 aliphatic carbocycles. The molecule has 0 bridgehead atoms. The van der Waals surface area contributed by atoms with Crippen molar-refractivity contribution in [2.45, 2.75) is 13.8 Å². The monoisotopic (exact) mass is 1270 g/mol. The molecule has 0 radical (unpaired) electrons. The van der Waals surface area contributed by atoms with Crippen molar-refractivity contribution in [3.05, 3.63) is 219 Å². The Morgan fingerprint density at radius 2 is 0.676 bits per heavy atom. The predicted molar refractivity (Wildman–Crippen MR) is 260 cm³/mol. The SMILES string of the molecule is Cc1cc(-c2nccc3ccccc23)[c-]c(-c2nccc3ccccc23)c1.Cc1cc(-c2nccc3ccccc23)[c-]c(-c2nccc3ccccc23)c1.[Cl][Pt+].[Na+].[Pt+2].c1nc[n-]n1.c1nc[n-]n1. The third-order valence-corrected chi connectivity index (χ3v) is 10.3. The smallest absolute Gasteiger partial charge is 0.432 e. The molecule has 6 aromatic carbocycles. The van der Waals surface area contributed by atoms with Gasteiger partial charge in [-0.25, -0.2) is 0 Å². The van der Waals surface area contributed by atoms with Crippen molar-refractivity contribution in [2.24, 2.45) is 0 Å². The topological polar surface area (TPSA) is 131 Å². The summed E-state index contributed by atoms with van der Waals surface area (Å²) in [5.41, 5.74) is 10.2. The molecular weight excluding hydrogens is 1240 g/mol. The van der Waals surface area contributed by atoms with Crippen LogP contribution in [0, 0.1) is 26.0 Å². The molecule has 0 saturated heterocycles.